The van der Waals surface area contributed by atoms with Crippen LogP contribution in [0.5, 0.6) is 5.75 Å². The molecule has 0 atom stereocenters. The average Bonchev–Trinajstić information content (AvgIpc) is 2.94. The molecule has 0 aliphatic carbocycles. The second kappa shape index (κ2) is 6.17. The van der Waals surface area contributed by atoms with Crippen molar-refractivity contribution in [3.8, 4) is 5.75 Å². The molecule has 1 saturated heterocycles. The van der Waals surface area contributed by atoms with Crippen molar-refractivity contribution < 1.29 is 9.53 Å². The maximum absolute atomic E-state index is 12.3. The van der Waals surface area contributed by atoms with E-state index in [1.54, 1.807) is 12.4 Å². The van der Waals surface area contributed by atoms with Crippen molar-refractivity contribution in [1.29, 1.82) is 0 Å². The highest BCUT2D eigenvalue weighted by atomic mass is 32.1. The number of amides is 1. The van der Waals surface area contributed by atoms with Gasteiger partial charge in [0.1, 0.15) is 11.9 Å². The van der Waals surface area contributed by atoms with Gasteiger partial charge in [-0.15, -0.1) is 0 Å². The first-order chi connectivity index (χ1) is 10.2. The first kappa shape index (κ1) is 13.9. The molecule has 1 fully saturated rings. The number of piperidine rings is 1. The Labute approximate surface area is 127 Å². The molecule has 1 amide bonds. The Morgan fingerprint density at radius 2 is 2.19 bits per heavy atom. The van der Waals surface area contributed by atoms with Crippen LogP contribution in [0.25, 0.3) is 0 Å². The van der Waals surface area contributed by atoms with E-state index in [9.17, 15) is 4.79 Å². The molecule has 2 aromatic heterocycles. The summed E-state index contributed by atoms with van der Waals surface area (Å²) < 4.78 is 14.0. The monoisotopic (exact) mass is 304 g/mol. The van der Waals surface area contributed by atoms with Crippen LogP contribution < -0.4 is 4.74 Å². The SMILES string of the molecule is Cc1nsnc1C(=O)N1CCC(Oc2cccnc2)CC1. The normalized spacial score (nSPS) is 16.0. The lowest BCUT2D eigenvalue weighted by molar-refractivity contribution is 0.0590. The van der Waals surface area contributed by atoms with Crippen LogP contribution in [0.4, 0.5) is 0 Å². The predicted molar refractivity (Wildman–Crippen MR) is 78.4 cm³/mol. The number of aromatic nitrogens is 3. The standard InChI is InChI=1S/C14H16N4O2S/c1-10-13(17-21-16-10)14(19)18-7-4-11(5-8-18)20-12-3-2-6-15-9-12/h2-3,6,9,11H,4-5,7-8H2,1H3. The van der Waals surface area contributed by atoms with Gasteiger partial charge in [-0.1, -0.05) is 0 Å². The summed E-state index contributed by atoms with van der Waals surface area (Å²) in [6.07, 6.45) is 5.20. The molecule has 6 nitrogen and oxygen atoms in total. The van der Waals surface area contributed by atoms with Crippen LogP contribution in [0.15, 0.2) is 24.5 Å². The van der Waals surface area contributed by atoms with Crippen molar-refractivity contribution >= 4 is 17.6 Å². The zero-order valence-corrected chi connectivity index (χ0v) is 12.5. The summed E-state index contributed by atoms with van der Waals surface area (Å²) in [5.74, 6) is 0.753. The molecular formula is C14H16N4O2S. The quantitative estimate of drug-likeness (QED) is 0.866. The van der Waals surface area contributed by atoms with Crippen LogP contribution in [0, 0.1) is 6.92 Å². The van der Waals surface area contributed by atoms with Gasteiger partial charge in [-0.05, 0) is 19.1 Å². The number of carbonyl (C=O) groups excluding carboxylic acids is 1. The van der Waals surface area contributed by atoms with E-state index < -0.39 is 0 Å². The molecule has 3 heterocycles. The summed E-state index contributed by atoms with van der Waals surface area (Å²) in [7, 11) is 0. The Hall–Kier alpha value is -2.02. The Bertz CT molecular complexity index is 608. The number of hydrogen-bond donors (Lipinski definition) is 0. The van der Waals surface area contributed by atoms with E-state index in [1.807, 2.05) is 24.0 Å². The number of aryl methyl sites for hydroxylation is 1. The lowest BCUT2D eigenvalue weighted by Crippen LogP contribution is -2.42. The second-order valence-corrected chi connectivity index (χ2v) is 5.52. The summed E-state index contributed by atoms with van der Waals surface area (Å²) in [4.78, 5) is 18.2. The molecule has 2 aromatic rings. The first-order valence-corrected chi connectivity index (χ1v) is 7.62. The van der Waals surface area contributed by atoms with Gasteiger partial charge in [0.2, 0.25) is 0 Å². The Balaban J connectivity index is 1.56. The van der Waals surface area contributed by atoms with Gasteiger partial charge in [-0.2, -0.15) is 8.75 Å². The zero-order valence-electron chi connectivity index (χ0n) is 11.7. The second-order valence-electron chi connectivity index (χ2n) is 5.00. The van der Waals surface area contributed by atoms with E-state index in [0.29, 0.717) is 24.5 Å². The summed E-state index contributed by atoms with van der Waals surface area (Å²) in [6.45, 7) is 3.18. The third kappa shape index (κ3) is 3.18. The fraction of sp³-hybridized carbons (Fsp3) is 0.429. The summed E-state index contributed by atoms with van der Waals surface area (Å²) in [5, 5.41) is 0. The molecule has 0 unspecified atom stereocenters. The molecule has 0 bridgehead atoms. The first-order valence-electron chi connectivity index (χ1n) is 6.89. The Morgan fingerprint density at radius 1 is 1.38 bits per heavy atom. The highest BCUT2D eigenvalue weighted by molar-refractivity contribution is 6.99. The maximum atomic E-state index is 12.3. The topological polar surface area (TPSA) is 68.2 Å². The minimum atomic E-state index is -0.0268. The van der Waals surface area contributed by atoms with Crippen molar-refractivity contribution in [2.24, 2.45) is 0 Å². The van der Waals surface area contributed by atoms with Crippen LogP contribution in [-0.2, 0) is 0 Å². The number of likely N-dealkylation sites (tertiary alicyclic amines) is 1. The lowest BCUT2D eigenvalue weighted by Gasteiger charge is -2.31. The van der Waals surface area contributed by atoms with Crippen LogP contribution in [0.2, 0.25) is 0 Å². The summed E-state index contributed by atoms with van der Waals surface area (Å²) in [5.41, 5.74) is 1.19. The van der Waals surface area contributed by atoms with E-state index in [0.717, 1.165) is 30.3 Å². The average molecular weight is 304 g/mol. The number of pyridine rings is 1. The van der Waals surface area contributed by atoms with Gasteiger partial charge in [-0.25, -0.2) is 0 Å². The highest BCUT2D eigenvalue weighted by Crippen LogP contribution is 2.19. The zero-order chi connectivity index (χ0) is 14.7. The van der Waals surface area contributed by atoms with E-state index in [4.69, 9.17) is 4.74 Å². The van der Waals surface area contributed by atoms with Gasteiger partial charge in [0.15, 0.2) is 5.69 Å². The molecule has 110 valence electrons. The highest BCUT2D eigenvalue weighted by Gasteiger charge is 2.27. The smallest absolute Gasteiger partial charge is 0.275 e. The number of rotatable bonds is 3. The largest absolute Gasteiger partial charge is 0.489 e. The molecule has 0 N–H and O–H groups in total. The molecular weight excluding hydrogens is 288 g/mol. The molecule has 0 aromatic carbocycles. The van der Waals surface area contributed by atoms with Crippen molar-refractivity contribution in [3.63, 3.8) is 0 Å². The Morgan fingerprint density at radius 3 is 2.81 bits per heavy atom. The molecule has 1 aliphatic rings. The number of ether oxygens (including phenoxy) is 1. The minimum Gasteiger partial charge on any atom is -0.489 e. The predicted octanol–water partition coefficient (Wildman–Crippen LogP) is 1.93. The van der Waals surface area contributed by atoms with Gasteiger partial charge in [0.05, 0.1) is 23.6 Å². The number of hydrogen-bond acceptors (Lipinski definition) is 6. The van der Waals surface area contributed by atoms with Gasteiger partial charge in [0.25, 0.3) is 5.91 Å². The van der Waals surface area contributed by atoms with Crippen molar-refractivity contribution in [2.45, 2.75) is 25.9 Å². The van der Waals surface area contributed by atoms with Gasteiger partial charge in [-0.3, -0.25) is 9.78 Å². The van der Waals surface area contributed by atoms with Gasteiger partial charge >= 0.3 is 0 Å². The molecule has 21 heavy (non-hydrogen) atoms. The molecule has 0 spiro atoms. The van der Waals surface area contributed by atoms with Crippen molar-refractivity contribution in [1.82, 2.24) is 18.6 Å². The fourth-order valence-electron chi connectivity index (χ4n) is 2.36. The van der Waals surface area contributed by atoms with E-state index in [-0.39, 0.29) is 12.0 Å². The van der Waals surface area contributed by atoms with Crippen molar-refractivity contribution in [2.75, 3.05) is 13.1 Å². The summed E-state index contributed by atoms with van der Waals surface area (Å²) in [6, 6.07) is 3.75. The molecule has 1 aliphatic heterocycles. The van der Waals surface area contributed by atoms with Crippen LogP contribution in [-0.4, -0.2) is 43.7 Å². The molecule has 7 heteroatoms. The van der Waals surface area contributed by atoms with E-state index in [1.165, 1.54) is 0 Å². The van der Waals surface area contributed by atoms with Crippen LogP contribution in [0.1, 0.15) is 29.0 Å². The van der Waals surface area contributed by atoms with E-state index in [2.05, 4.69) is 13.7 Å². The third-order valence-corrected chi connectivity index (χ3v) is 4.14. The van der Waals surface area contributed by atoms with E-state index >= 15 is 0 Å². The third-order valence-electron chi connectivity index (χ3n) is 3.52. The fourth-order valence-corrected chi connectivity index (χ4v) is 2.90. The minimum absolute atomic E-state index is 0.0268. The van der Waals surface area contributed by atoms with Crippen molar-refractivity contribution in [3.05, 3.63) is 35.9 Å². The number of nitrogens with zero attached hydrogens (tertiary/aromatic N) is 4. The molecule has 0 saturated carbocycles. The molecule has 3 rings (SSSR count). The van der Waals surface area contributed by atoms with Gasteiger partial charge in [0, 0.05) is 32.1 Å². The maximum Gasteiger partial charge on any atom is 0.275 e. The van der Waals surface area contributed by atoms with Gasteiger partial charge < -0.3 is 9.64 Å². The molecule has 0 radical (unpaired) electrons. The summed E-state index contributed by atoms with van der Waals surface area (Å²) >= 11 is 1.08. The van der Waals surface area contributed by atoms with Crippen LogP contribution >= 0.6 is 11.7 Å². The lowest BCUT2D eigenvalue weighted by atomic mass is 10.1. The Kier molecular flexibility index (Phi) is 4.10. The van der Waals surface area contributed by atoms with Crippen LogP contribution in [0.3, 0.4) is 0 Å². The number of carbonyl (C=O) groups is 1.